The number of benzene rings is 8. The van der Waals surface area contributed by atoms with Gasteiger partial charge in [-0.15, -0.1) is 4.57 Å². The second kappa shape index (κ2) is 16.0. The van der Waals surface area contributed by atoms with Crippen LogP contribution in [0.4, 0.5) is 0 Å². The summed E-state index contributed by atoms with van der Waals surface area (Å²) < 4.78 is 13.0. The maximum absolute atomic E-state index is 7.89. The van der Waals surface area contributed by atoms with E-state index in [0.29, 0.717) is 13.1 Å². The molecule has 0 N–H and O–H groups in total. The molecule has 1 aliphatic carbocycles. The van der Waals surface area contributed by atoms with Crippen molar-refractivity contribution in [2.45, 2.75) is 32.3 Å². The molecule has 0 saturated carbocycles. The largest absolute Gasteiger partial charge is 0.431 e. The molecule has 2 aromatic heterocycles. The van der Waals surface area contributed by atoms with Gasteiger partial charge in [0.15, 0.2) is 0 Å². The van der Waals surface area contributed by atoms with Gasteiger partial charge in [-0.05, 0) is 80.6 Å². The van der Waals surface area contributed by atoms with E-state index >= 15 is 0 Å². The van der Waals surface area contributed by atoms with Gasteiger partial charge in [0.1, 0.15) is 11.8 Å². The zero-order valence-corrected chi connectivity index (χ0v) is 37.3. The third kappa shape index (κ3) is 6.51. The lowest BCUT2D eigenvalue weighted by Gasteiger charge is -2.38. The van der Waals surface area contributed by atoms with Crippen LogP contribution in [0, 0.1) is 6.92 Å². The molecule has 0 radical (unpaired) electrons. The summed E-state index contributed by atoms with van der Waals surface area (Å²) in [5, 5.41) is 7.22. The average Bonchev–Trinajstić information content (AvgIpc) is 3.38. The lowest BCUT2D eigenvalue weighted by molar-refractivity contribution is -0.795. The molecule has 4 heteroatoms. The molecule has 2 unspecified atom stereocenters. The predicted molar refractivity (Wildman–Crippen MR) is 274 cm³/mol. The van der Waals surface area contributed by atoms with E-state index in [9.17, 15) is 0 Å². The Balaban J connectivity index is 1.17. The van der Waals surface area contributed by atoms with Crippen molar-refractivity contribution < 1.29 is 13.9 Å². The summed E-state index contributed by atoms with van der Waals surface area (Å²) in [5.41, 5.74) is 15.4. The highest BCUT2D eigenvalue weighted by molar-refractivity contribution is 6.02. The molecule has 13 rings (SSSR count). The average molecular weight is 862 g/mol. The molecule has 0 spiro atoms. The fourth-order valence-corrected chi connectivity index (χ4v) is 11.2. The van der Waals surface area contributed by atoms with Crippen LogP contribution in [0.5, 0.6) is 0 Å². The summed E-state index contributed by atoms with van der Waals surface area (Å²) in [4.78, 5) is 2.46. The number of hydrogen-bond acceptors (Lipinski definition) is 2. The summed E-state index contributed by atoms with van der Waals surface area (Å²) in [6, 6.07) is 71.3. The lowest BCUT2D eigenvalue weighted by Crippen LogP contribution is -2.54. The van der Waals surface area contributed by atoms with Crippen molar-refractivity contribution in [1.29, 1.82) is 0 Å². The van der Waals surface area contributed by atoms with Crippen molar-refractivity contribution in [3.05, 3.63) is 253 Å². The first-order chi connectivity index (χ1) is 33.2. The van der Waals surface area contributed by atoms with E-state index in [4.69, 9.17) is 4.74 Å². The Kier molecular flexibility index (Phi) is 9.31. The zero-order chi connectivity index (χ0) is 44.4. The Morgan fingerprint density at radius 3 is 1.84 bits per heavy atom. The molecular formula is C63H47N3O+2. The first-order valence-corrected chi connectivity index (χ1v) is 23.4. The smallest absolute Gasteiger partial charge is 0.362 e. The number of aryl methyl sites for hydroxylation is 1. The van der Waals surface area contributed by atoms with Gasteiger partial charge < -0.3 is 9.64 Å². The summed E-state index contributed by atoms with van der Waals surface area (Å²) >= 11 is 0. The molecule has 4 heterocycles. The topological polar surface area (TPSA) is 20.2 Å². The van der Waals surface area contributed by atoms with Crippen LogP contribution in [0.1, 0.15) is 17.4 Å². The standard InChI is InChI=1S/C63H47N3O/c1-42-33-34-45-22-8-10-26-49(45)61(42)57-38-53(43-18-4-2-5-19-43)51-28-12-14-30-55(51)65(57)41-60-66-56-31-15-13-29-52(56)54(44-20-6-3-7-21-44)39-58(66)62-48(36-35-46-23-9-11-27-50(46)62)40-64-37-17-25-47-24-16-32-59(67-60)63(47)64/h2-39,60,63H,40-41H2,1H3/q+2. The minimum atomic E-state index is -0.522. The molecule has 67 heavy (non-hydrogen) atoms. The van der Waals surface area contributed by atoms with Gasteiger partial charge in [0, 0.05) is 48.1 Å². The SMILES string of the molecule is Cc1ccc2ccccc2c1-c1cc(-c2ccccc2)c2ccccc2[n+]1CC1OC2=CC=CC3=CC=CN(Cc4ccc5ccccc5c4-c4cc(-c5ccccc5)c5ccccc5[n+]41)C32. The second-order valence-corrected chi connectivity index (χ2v) is 18.0. The first-order valence-electron chi connectivity index (χ1n) is 23.4. The number of hydrogen-bond donors (Lipinski definition) is 0. The van der Waals surface area contributed by atoms with Crippen molar-refractivity contribution in [2.24, 2.45) is 0 Å². The van der Waals surface area contributed by atoms with Crippen molar-refractivity contribution in [3.63, 3.8) is 0 Å². The fourth-order valence-electron chi connectivity index (χ4n) is 11.2. The molecule has 318 valence electrons. The zero-order valence-electron chi connectivity index (χ0n) is 37.3. The number of pyridine rings is 2. The van der Waals surface area contributed by atoms with Crippen LogP contribution in [-0.2, 0) is 17.8 Å². The monoisotopic (exact) mass is 861 g/mol. The molecular weight excluding hydrogens is 815 g/mol. The fraction of sp³-hybridized carbons (Fsp3) is 0.0794. The van der Waals surface area contributed by atoms with Crippen LogP contribution < -0.4 is 9.13 Å². The number of nitrogens with zero attached hydrogens (tertiary/aromatic N) is 3. The lowest BCUT2D eigenvalue weighted by atomic mass is 9.90. The highest BCUT2D eigenvalue weighted by Crippen LogP contribution is 2.42. The van der Waals surface area contributed by atoms with Crippen LogP contribution in [0.2, 0.25) is 0 Å². The Morgan fingerprint density at radius 1 is 0.537 bits per heavy atom. The third-order valence-electron chi connectivity index (χ3n) is 14.2. The molecule has 10 aromatic rings. The Morgan fingerprint density at radius 2 is 1.12 bits per heavy atom. The van der Waals surface area contributed by atoms with Crippen LogP contribution in [0.15, 0.2) is 242 Å². The maximum Gasteiger partial charge on any atom is 0.362 e. The van der Waals surface area contributed by atoms with Gasteiger partial charge in [-0.3, -0.25) is 0 Å². The normalized spacial score (nSPS) is 16.3. The van der Waals surface area contributed by atoms with Crippen LogP contribution in [0.25, 0.3) is 88.1 Å². The van der Waals surface area contributed by atoms with E-state index in [1.54, 1.807) is 0 Å². The number of fused-ring (bicyclic) bond motifs is 9. The van der Waals surface area contributed by atoms with Gasteiger partial charge in [0.2, 0.25) is 29.0 Å². The first kappa shape index (κ1) is 39.1. The minimum Gasteiger partial charge on any atom is -0.431 e. The van der Waals surface area contributed by atoms with Crippen molar-refractivity contribution in [1.82, 2.24) is 4.90 Å². The number of para-hydroxylation sites is 2. The summed E-state index contributed by atoms with van der Waals surface area (Å²) in [5.74, 6) is 0.927. The van der Waals surface area contributed by atoms with Gasteiger partial charge in [0.05, 0.1) is 21.9 Å². The molecule has 0 amide bonds. The number of aromatic nitrogens is 2. The Hall–Kier alpha value is -8.34. The van der Waals surface area contributed by atoms with Crippen molar-refractivity contribution >= 4 is 43.4 Å². The van der Waals surface area contributed by atoms with Gasteiger partial charge in [-0.2, -0.15) is 4.57 Å². The second-order valence-electron chi connectivity index (χ2n) is 18.0. The van der Waals surface area contributed by atoms with Crippen molar-refractivity contribution in [3.8, 4) is 44.8 Å². The molecule has 0 fully saturated rings. The predicted octanol–water partition coefficient (Wildman–Crippen LogP) is 14.2. The van der Waals surface area contributed by atoms with Crippen LogP contribution in [0.3, 0.4) is 0 Å². The van der Waals surface area contributed by atoms with Crippen LogP contribution >= 0.6 is 0 Å². The molecule has 0 bridgehead atoms. The highest BCUT2D eigenvalue weighted by atomic mass is 16.5. The van der Waals surface area contributed by atoms with E-state index in [1.807, 2.05) is 0 Å². The van der Waals surface area contributed by atoms with Crippen LogP contribution in [-0.4, -0.2) is 10.9 Å². The maximum atomic E-state index is 7.89. The Labute approximate surface area is 390 Å². The number of allylic oxidation sites excluding steroid dienone is 4. The van der Waals surface area contributed by atoms with E-state index < -0.39 is 6.23 Å². The van der Waals surface area contributed by atoms with E-state index in [-0.39, 0.29) is 6.04 Å². The summed E-state index contributed by atoms with van der Waals surface area (Å²) in [7, 11) is 0. The van der Waals surface area contributed by atoms with Crippen molar-refractivity contribution in [2.75, 3.05) is 0 Å². The van der Waals surface area contributed by atoms with Gasteiger partial charge in [-0.1, -0.05) is 176 Å². The number of rotatable bonds is 5. The van der Waals surface area contributed by atoms with E-state index in [2.05, 4.69) is 252 Å². The van der Waals surface area contributed by atoms with Gasteiger partial charge in [-0.25, -0.2) is 0 Å². The summed E-state index contributed by atoms with van der Waals surface area (Å²) in [6.07, 6.45) is 12.7. The molecule has 8 aromatic carbocycles. The van der Waals surface area contributed by atoms with Gasteiger partial charge in [0.25, 0.3) is 0 Å². The Bertz CT molecular complexity index is 3750. The van der Waals surface area contributed by atoms with E-state index in [0.717, 1.165) is 28.2 Å². The molecule has 4 nitrogen and oxygen atoms in total. The third-order valence-corrected chi connectivity index (χ3v) is 14.2. The van der Waals surface area contributed by atoms with Gasteiger partial charge >= 0.3 is 6.23 Å². The summed E-state index contributed by atoms with van der Waals surface area (Å²) in [6.45, 7) is 3.46. The quantitative estimate of drug-likeness (QED) is 0.161. The number of ether oxygens (including phenoxy) is 1. The molecule has 0 saturated heterocycles. The highest BCUT2D eigenvalue weighted by Gasteiger charge is 2.41. The molecule has 3 aliphatic rings. The molecule has 2 aliphatic heterocycles. The van der Waals surface area contributed by atoms with E-state index in [1.165, 1.54) is 82.4 Å². The molecule has 2 atom stereocenters. The minimum absolute atomic E-state index is 0.101.